The van der Waals surface area contributed by atoms with Crippen molar-refractivity contribution in [1.29, 1.82) is 0 Å². The van der Waals surface area contributed by atoms with Crippen molar-refractivity contribution in [2.75, 3.05) is 5.32 Å². The number of carbonyl (C=O) groups excluding carboxylic acids is 2. The highest BCUT2D eigenvalue weighted by Crippen LogP contribution is 2.20. The summed E-state index contributed by atoms with van der Waals surface area (Å²) in [7, 11) is 0. The number of anilines is 1. The molecule has 0 spiro atoms. The Labute approximate surface area is 133 Å². The maximum atomic E-state index is 12.4. The molecule has 4 N–H and O–H groups in total. The molecule has 0 aliphatic carbocycles. The lowest BCUT2D eigenvalue weighted by Crippen LogP contribution is -2.27. The van der Waals surface area contributed by atoms with Gasteiger partial charge in [-0.05, 0) is 37.5 Å². The molecule has 23 heavy (non-hydrogen) atoms. The van der Waals surface area contributed by atoms with Gasteiger partial charge in [0.1, 0.15) is 0 Å². The van der Waals surface area contributed by atoms with Gasteiger partial charge < -0.3 is 16.4 Å². The number of nitrogens with two attached hydrogens (primary N) is 1. The predicted molar refractivity (Wildman–Crippen MR) is 86.1 cm³/mol. The third kappa shape index (κ3) is 3.18. The normalized spacial score (nSPS) is 14.1. The molecule has 3 rings (SSSR count). The molecule has 7 nitrogen and oxygen atoms in total. The number of primary amides is 1. The number of hydrogen-bond acceptors (Lipinski definition) is 3. The number of fused-ring (bicyclic) bond motifs is 1. The molecule has 1 aromatic carbocycles. The number of carbonyl (C=O) groups is 2. The number of nitrogens with zero attached hydrogens (tertiary/aromatic N) is 2. The number of rotatable bonds is 4. The van der Waals surface area contributed by atoms with Crippen LogP contribution in [0.4, 0.5) is 10.5 Å². The lowest BCUT2D eigenvalue weighted by molar-refractivity contribution is 0.0939. The Hall–Kier alpha value is -2.83. The predicted octanol–water partition coefficient (Wildman–Crippen LogP) is 1.81. The quantitative estimate of drug-likeness (QED) is 0.802. The zero-order chi connectivity index (χ0) is 16.4. The summed E-state index contributed by atoms with van der Waals surface area (Å²) in [5, 5.41) is 9.73. The second-order valence-corrected chi connectivity index (χ2v) is 5.64. The summed E-state index contributed by atoms with van der Waals surface area (Å²) < 4.78 is 1.89. The summed E-state index contributed by atoms with van der Waals surface area (Å²) in [6.45, 7) is 2.80. The Morgan fingerprint density at radius 1 is 1.30 bits per heavy atom. The SMILES string of the molecule is CC(NC(=O)c1cnn2c1CCC2)c1ccc(NC(N)=O)cc1. The van der Waals surface area contributed by atoms with E-state index >= 15 is 0 Å². The number of aryl methyl sites for hydroxylation is 1. The van der Waals surface area contributed by atoms with E-state index in [1.54, 1.807) is 18.3 Å². The van der Waals surface area contributed by atoms with E-state index in [1.807, 2.05) is 23.7 Å². The minimum Gasteiger partial charge on any atom is -0.351 e. The van der Waals surface area contributed by atoms with Gasteiger partial charge in [-0.3, -0.25) is 9.48 Å². The van der Waals surface area contributed by atoms with Crippen LogP contribution in [-0.4, -0.2) is 21.7 Å². The standard InChI is InChI=1S/C16H19N5O2/c1-10(11-4-6-12(7-5-11)20-16(17)23)19-15(22)13-9-18-21-8-2-3-14(13)21/h4-7,9-10H,2-3,8H2,1H3,(H,19,22)(H3,17,20,23). The number of hydrogen-bond donors (Lipinski definition) is 3. The van der Waals surface area contributed by atoms with Gasteiger partial charge in [-0.15, -0.1) is 0 Å². The number of urea groups is 1. The lowest BCUT2D eigenvalue weighted by Gasteiger charge is -2.15. The number of amides is 3. The smallest absolute Gasteiger partial charge is 0.316 e. The first kappa shape index (κ1) is 15.1. The Morgan fingerprint density at radius 2 is 2.04 bits per heavy atom. The van der Waals surface area contributed by atoms with Crippen LogP contribution in [0.3, 0.4) is 0 Å². The Balaban J connectivity index is 1.67. The Kier molecular flexibility index (Phi) is 4.01. The number of benzene rings is 1. The van der Waals surface area contributed by atoms with Crippen molar-refractivity contribution in [2.45, 2.75) is 32.4 Å². The van der Waals surface area contributed by atoms with Crippen LogP contribution in [0, 0.1) is 0 Å². The minimum atomic E-state index is -0.603. The zero-order valence-corrected chi connectivity index (χ0v) is 12.9. The van der Waals surface area contributed by atoms with Gasteiger partial charge in [-0.1, -0.05) is 12.1 Å². The molecule has 0 radical (unpaired) electrons. The second kappa shape index (κ2) is 6.12. The van der Waals surface area contributed by atoms with Gasteiger partial charge in [0.25, 0.3) is 5.91 Å². The fourth-order valence-corrected chi connectivity index (χ4v) is 2.81. The Bertz CT molecular complexity index is 735. The van der Waals surface area contributed by atoms with E-state index in [9.17, 15) is 9.59 Å². The molecule has 3 amide bonds. The van der Waals surface area contributed by atoms with E-state index in [0.717, 1.165) is 30.6 Å². The van der Waals surface area contributed by atoms with Crippen molar-refractivity contribution in [3.8, 4) is 0 Å². The molecular weight excluding hydrogens is 294 g/mol. The third-order valence-corrected chi connectivity index (χ3v) is 4.00. The minimum absolute atomic E-state index is 0.111. The molecule has 1 aromatic heterocycles. The van der Waals surface area contributed by atoms with Gasteiger partial charge in [0.2, 0.25) is 0 Å². The number of nitrogens with one attached hydrogen (secondary N) is 2. The van der Waals surface area contributed by atoms with Gasteiger partial charge in [-0.25, -0.2) is 4.79 Å². The van der Waals surface area contributed by atoms with E-state index in [-0.39, 0.29) is 11.9 Å². The summed E-state index contributed by atoms with van der Waals surface area (Å²) in [5.74, 6) is -0.111. The fraction of sp³-hybridized carbons (Fsp3) is 0.312. The van der Waals surface area contributed by atoms with E-state index in [0.29, 0.717) is 11.3 Å². The maximum Gasteiger partial charge on any atom is 0.316 e. The van der Waals surface area contributed by atoms with Gasteiger partial charge in [-0.2, -0.15) is 5.10 Å². The van der Waals surface area contributed by atoms with Crippen LogP contribution >= 0.6 is 0 Å². The topological polar surface area (TPSA) is 102 Å². The Morgan fingerprint density at radius 3 is 2.74 bits per heavy atom. The molecule has 0 saturated carbocycles. The molecule has 120 valence electrons. The van der Waals surface area contributed by atoms with E-state index in [2.05, 4.69) is 15.7 Å². The molecular formula is C16H19N5O2. The second-order valence-electron chi connectivity index (χ2n) is 5.64. The van der Waals surface area contributed by atoms with E-state index < -0.39 is 6.03 Å². The molecule has 1 aliphatic rings. The summed E-state index contributed by atoms with van der Waals surface area (Å²) in [6, 6.07) is 6.44. The largest absolute Gasteiger partial charge is 0.351 e. The third-order valence-electron chi connectivity index (χ3n) is 4.00. The molecule has 0 saturated heterocycles. The highest BCUT2D eigenvalue weighted by Gasteiger charge is 2.22. The van der Waals surface area contributed by atoms with Crippen molar-refractivity contribution in [2.24, 2.45) is 5.73 Å². The number of aromatic nitrogens is 2. The van der Waals surface area contributed by atoms with Crippen molar-refractivity contribution in [3.05, 3.63) is 47.3 Å². The van der Waals surface area contributed by atoms with Crippen LogP contribution < -0.4 is 16.4 Å². The van der Waals surface area contributed by atoms with E-state index in [4.69, 9.17) is 5.73 Å². The van der Waals surface area contributed by atoms with Gasteiger partial charge >= 0.3 is 6.03 Å². The first-order valence-corrected chi connectivity index (χ1v) is 7.56. The molecule has 1 unspecified atom stereocenters. The molecule has 1 atom stereocenters. The summed E-state index contributed by atoms with van der Waals surface area (Å²) in [5.41, 5.74) is 8.30. The van der Waals surface area contributed by atoms with Crippen LogP contribution in [0.2, 0.25) is 0 Å². The van der Waals surface area contributed by atoms with Gasteiger partial charge in [0, 0.05) is 12.2 Å². The fourth-order valence-electron chi connectivity index (χ4n) is 2.81. The first-order valence-electron chi connectivity index (χ1n) is 7.56. The van der Waals surface area contributed by atoms with Crippen LogP contribution in [0.15, 0.2) is 30.5 Å². The molecule has 2 heterocycles. The summed E-state index contributed by atoms with van der Waals surface area (Å²) in [4.78, 5) is 23.2. The molecule has 0 bridgehead atoms. The molecule has 0 fully saturated rings. The van der Waals surface area contributed by atoms with Crippen molar-refractivity contribution in [3.63, 3.8) is 0 Å². The average molecular weight is 313 g/mol. The average Bonchev–Trinajstić information content (AvgIpc) is 3.09. The van der Waals surface area contributed by atoms with Crippen LogP contribution in [0.5, 0.6) is 0 Å². The van der Waals surface area contributed by atoms with Crippen molar-refractivity contribution in [1.82, 2.24) is 15.1 Å². The maximum absolute atomic E-state index is 12.4. The molecule has 1 aliphatic heterocycles. The molecule has 7 heteroatoms. The van der Waals surface area contributed by atoms with Crippen LogP contribution in [0.25, 0.3) is 0 Å². The monoisotopic (exact) mass is 313 g/mol. The van der Waals surface area contributed by atoms with Gasteiger partial charge in [0.05, 0.1) is 23.5 Å². The van der Waals surface area contributed by atoms with Gasteiger partial charge in [0.15, 0.2) is 0 Å². The van der Waals surface area contributed by atoms with E-state index in [1.165, 1.54) is 0 Å². The zero-order valence-electron chi connectivity index (χ0n) is 12.9. The van der Waals surface area contributed by atoms with Crippen LogP contribution in [-0.2, 0) is 13.0 Å². The highest BCUT2D eigenvalue weighted by atomic mass is 16.2. The highest BCUT2D eigenvalue weighted by molar-refractivity contribution is 5.95. The lowest BCUT2D eigenvalue weighted by atomic mass is 10.1. The van der Waals surface area contributed by atoms with Crippen molar-refractivity contribution < 1.29 is 9.59 Å². The summed E-state index contributed by atoms with van der Waals surface area (Å²) >= 11 is 0. The van der Waals surface area contributed by atoms with Crippen molar-refractivity contribution >= 4 is 17.6 Å². The van der Waals surface area contributed by atoms with Crippen LogP contribution in [0.1, 0.15) is 41.0 Å². The first-order chi connectivity index (χ1) is 11.0. The summed E-state index contributed by atoms with van der Waals surface area (Å²) in [6.07, 6.45) is 3.56. The molecule has 2 aromatic rings.